The van der Waals surface area contributed by atoms with E-state index in [2.05, 4.69) is 76.2 Å². The summed E-state index contributed by atoms with van der Waals surface area (Å²) < 4.78 is 0. The maximum Gasteiger partial charge on any atom is -0.0165 e. The summed E-state index contributed by atoms with van der Waals surface area (Å²) >= 11 is 0. The maximum atomic E-state index is 2.35. The number of rotatable bonds is 10. The van der Waals surface area contributed by atoms with Crippen LogP contribution in [0.2, 0.25) is 0 Å². The zero-order chi connectivity index (χ0) is 18.1. The summed E-state index contributed by atoms with van der Waals surface area (Å²) in [6, 6.07) is 18.4. The van der Waals surface area contributed by atoms with E-state index in [1.165, 1.54) is 67.2 Å². The van der Waals surface area contributed by atoms with Crippen molar-refractivity contribution in [1.29, 1.82) is 0 Å². The highest BCUT2D eigenvalue weighted by molar-refractivity contribution is 5.64. The highest BCUT2D eigenvalue weighted by Gasteiger charge is 2.09. The highest BCUT2D eigenvalue weighted by atomic mass is 14.1. The Balaban J connectivity index is 1.97. The van der Waals surface area contributed by atoms with Crippen molar-refractivity contribution in [3.05, 3.63) is 59.7 Å². The molecule has 0 aliphatic rings. The summed E-state index contributed by atoms with van der Waals surface area (Å²) in [7, 11) is 0. The van der Waals surface area contributed by atoms with Crippen molar-refractivity contribution in [2.24, 2.45) is 0 Å². The van der Waals surface area contributed by atoms with E-state index in [4.69, 9.17) is 0 Å². The monoisotopic (exact) mass is 336 g/mol. The van der Waals surface area contributed by atoms with Gasteiger partial charge < -0.3 is 0 Å². The molecule has 0 N–H and O–H groups in total. The maximum absolute atomic E-state index is 2.35. The smallest absolute Gasteiger partial charge is 0.0165 e. The van der Waals surface area contributed by atoms with Gasteiger partial charge in [-0.05, 0) is 46.9 Å². The van der Waals surface area contributed by atoms with E-state index in [9.17, 15) is 0 Å². The number of benzene rings is 2. The van der Waals surface area contributed by atoms with Gasteiger partial charge in [0, 0.05) is 0 Å². The van der Waals surface area contributed by atoms with Crippen molar-refractivity contribution in [2.45, 2.75) is 84.5 Å². The molecule has 0 aliphatic carbocycles. The molecule has 1 atom stereocenters. The van der Waals surface area contributed by atoms with Crippen LogP contribution in [0.3, 0.4) is 0 Å². The lowest BCUT2D eigenvalue weighted by Crippen LogP contribution is -1.97. The third-order valence-electron chi connectivity index (χ3n) is 5.44. The number of unbranched alkanes of at least 4 members (excludes halogenated alkanes) is 4. The Kier molecular flexibility index (Phi) is 8.25. The quantitative estimate of drug-likeness (QED) is 0.382. The molecule has 2 aromatic rings. The molecular weight excluding hydrogens is 300 g/mol. The van der Waals surface area contributed by atoms with E-state index in [0.29, 0.717) is 5.92 Å². The van der Waals surface area contributed by atoms with Crippen molar-refractivity contribution in [3.63, 3.8) is 0 Å². The molecule has 0 fully saturated rings. The standard InChI is InChI=1S/C25H36/c1-5-7-8-9-10-11-21(6-2)23-16-18-25(19-17-23)24-14-12-22(13-15-24)20(3)4/h12-21H,5-11H2,1-4H3. The van der Waals surface area contributed by atoms with Crippen LogP contribution in [0.5, 0.6) is 0 Å². The van der Waals surface area contributed by atoms with E-state index in [-0.39, 0.29) is 0 Å². The van der Waals surface area contributed by atoms with Gasteiger partial charge in [0.1, 0.15) is 0 Å². The topological polar surface area (TPSA) is 0 Å². The molecule has 0 bridgehead atoms. The fourth-order valence-electron chi connectivity index (χ4n) is 3.61. The van der Waals surface area contributed by atoms with E-state index >= 15 is 0 Å². The van der Waals surface area contributed by atoms with Crippen LogP contribution in [0.25, 0.3) is 11.1 Å². The zero-order valence-corrected chi connectivity index (χ0v) is 16.7. The fraction of sp³-hybridized carbons (Fsp3) is 0.520. The first-order chi connectivity index (χ1) is 12.2. The molecule has 0 aliphatic heterocycles. The molecule has 0 nitrogen and oxygen atoms in total. The van der Waals surface area contributed by atoms with Gasteiger partial charge in [0.2, 0.25) is 0 Å². The molecule has 1 unspecified atom stereocenters. The first-order valence-corrected chi connectivity index (χ1v) is 10.4. The molecule has 0 saturated heterocycles. The molecular formula is C25H36. The predicted molar refractivity (Wildman–Crippen MR) is 112 cm³/mol. The summed E-state index contributed by atoms with van der Waals surface area (Å²) in [5, 5.41) is 0. The van der Waals surface area contributed by atoms with Gasteiger partial charge in [0.15, 0.2) is 0 Å². The van der Waals surface area contributed by atoms with Crippen molar-refractivity contribution in [2.75, 3.05) is 0 Å². The van der Waals surface area contributed by atoms with Gasteiger partial charge in [-0.2, -0.15) is 0 Å². The molecule has 2 rings (SSSR count). The van der Waals surface area contributed by atoms with E-state index in [1.807, 2.05) is 0 Å². The predicted octanol–water partition coefficient (Wildman–Crippen LogP) is 8.33. The highest BCUT2D eigenvalue weighted by Crippen LogP contribution is 2.29. The molecule has 0 amide bonds. The minimum atomic E-state index is 0.596. The summed E-state index contributed by atoms with van der Waals surface area (Å²) in [4.78, 5) is 0. The number of hydrogen-bond acceptors (Lipinski definition) is 0. The van der Waals surface area contributed by atoms with Crippen LogP contribution in [-0.4, -0.2) is 0 Å². The van der Waals surface area contributed by atoms with Gasteiger partial charge in [-0.15, -0.1) is 0 Å². The Morgan fingerprint density at radius 3 is 1.64 bits per heavy atom. The van der Waals surface area contributed by atoms with Crippen molar-refractivity contribution in [1.82, 2.24) is 0 Å². The zero-order valence-electron chi connectivity index (χ0n) is 16.7. The van der Waals surface area contributed by atoms with E-state index < -0.39 is 0 Å². The Labute approximate surface area is 155 Å². The van der Waals surface area contributed by atoms with Crippen LogP contribution in [0.1, 0.15) is 95.6 Å². The minimum absolute atomic E-state index is 0.596. The second-order valence-corrected chi connectivity index (χ2v) is 7.71. The van der Waals surface area contributed by atoms with Gasteiger partial charge in [-0.3, -0.25) is 0 Å². The average molecular weight is 337 g/mol. The molecule has 25 heavy (non-hydrogen) atoms. The van der Waals surface area contributed by atoms with Crippen LogP contribution in [0.15, 0.2) is 48.5 Å². The molecule has 0 saturated carbocycles. The summed E-state index contributed by atoms with van der Waals surface area (Å²) in [5.41, 5.74) is 5.58. The van der Waals surface area contributed by atoms with Gasteiger partial charge >= 0.3 is 0 Å². The molecule has 136 valence electrons. The van der Waals surface area contributed by atoms with Crippen LogP contribution in [0, 0.1) is 0 Å². The molecule has 0 radical (unpaired) electrons. The Hall–Kier alpha value is -1.56. The molecule has 0 heterocycles. The summed E-state index contributed by atoms with van der Waals surface area (Å²) in [5.74, 6) is 1.32. The summed E-state index contributed by atoms with van der Waals surface area (Å²) in [6.45, 7) is 9.11. The van der Waals surface area contributed by atoms with E-state index in [0.717, 1.165) is 5.92 Å². The van der Waals surface area contributed by atoms with Crippen LogP contribution in [-0.2, 0) is 0 Å². The second kappa shape index (κ2) is 10.4. The third kappa shape index (κ3) is 6.03. The lowest BCUT2D eigenvalue weighted by Gasteiger charge is -2.16. The SMILES string of the molecule is CCCCCCCC(CC)c1ccc(-c2ccc(C(C)C)cc2)cc1. The van der Waals surface area contributed by atoms with Crippen LogP contribution in [0.4, 0.5) is 0 Å². The third-order valence-corrected chi connectivity index (χ3v) is 5.44. The summed E-state index contributed by atoms with van der Waals surface area (Å²) in [6.07, 6.45) is 9.47. The van der Waals surface area contributed by atoms with Gasteiger partial charge in [-0.1, -0.05) is 108 Å². The second-order valence-electron chi connectivity index (χ2n) is 7.71. The molecule has 2 aromatic carbocycles. The van der Waals surface area contributed by atoms with Gasteiger partial charge in [-0.25, -0.2) is 0 Å². The Morgan fingerprint density at radius 2 is 1.16 bits per heavy atom. The minimum Gasteiger partial charge on any atom is -0.0654 e. The van der Waals surface area contributed by atoms with Crippen molar-refractivity contribution >= 4 is 0 Å². The normalized spacial score (nSPS) is 12.5. The van der Waals surface area contributed by atoms with Gasteiger partial charge in [0.25, 0.3) is 0 Å². The lowest BCUT2D eigenvalue weighted by atomic mass is 9.89. The van der Waals surface area contributed by atoms with Crippen LogP contribution < -0.4 is 0 Å². The molecule has 0 spiro atoms. The average Bonchev–Trinajstić information content (AvgIpc) is 2.65. The first kappa shape index (κ1) is 19.8. The largest absolute Gasteiger partial charge is 0.0654 e. The fourth-order valence-corrected chi connectivity index (χ4v) is 3.61. The van der Waals surface area contributed by atoms with Crippen molar-refractivity contribution < 1.29 is 0 Å². The first-order valence-electron chi connectivity index (χ1n) is 10.4. The van der Waals surface area contributed by atoms with Crippen molar-refractivity contribution in [3.8, 4) is 11.1 Å². The Bertz CT molecular complexity index is 589. The lowest BCUT2D eigenvalue weighted by molar-refractivity contribution is 0.535. The van der Waals surface area contributed by atoms with Crippen LogP contribution >= 0.6 is 0 Å². The van der Waals surface area contributed by atoms with Gasteiger partial charge in [0.05, 0.1) is 0 Å². The number of hydrogen-bond donors (Lipinski definition) is 0. The molecule has 0 aromatic heterocycles. The Morgan fingerprint density at radius 1 is 0.640 bits per heavy atom. The van der Waals surface area contributed by atoms with E-state index in [1.54, 1.807) is 0 Å². The molecule has 0 heteroatoms.